The van der Waals surface area contributed by atoms with Gasteiger partial charge < -0.3 is 0 Å². The van der Waals surface area contributed by atoms with E-state index in [1.54, 1.807) is 0 Å². The Hall–Kier alpha value is -2.84. The van der Waals surface area contributed by atoms with E-state index in [0.29, 0.717) is 6.07 Å². The molecule has 0 amide bonds. The molecule has 0 spiro atoms. The van der Waals surface area contributed by atoms with Crippen LogP contribution in [0.1, 0.15) is 24.1 Å². The molecule has 5 nitrogen and oxygen atoms in total. The number of benzene rings is 1. The van der Waals surface area contributed by atoms with Gasteiger partial charge in [-0.05, 0) is 12.1 Å². The van der Waals surface area contributed by atoms with Crippen LogP contribution in [0.5, 0.6) is 0 Å². The Bertz CT molecular complexity index is 871. The molecule has 3 rings (SSSR count). The third kappa shape index (κ3) is 3.21. The molecule has 0 aliphatic heterocycles. The highest BCUT2D eigenvalue weighted by Crippen LogP contribution is 2.43. The first kappa shape index (κ1) is 17.0. The maximum Gasteiger partial charge on any atom is 0.166 e. The predicted molar refractivity (Wildman–Crippen MR) is 79.6 cm³/mol. The van der Waals surface area contributed by atoms with Gasteiger partial charge in [0.15, 0.2) is 11.5 Å². The summed E-state index contributed by atoms with van der Waals surface area (Å²) in [5.74, 6) is -3.95. The van der Waals surface area contributed by atoms with Crippen molar-refractivity contribution in [3.63, 3.8) is 0 Å². The normalized spacial score (nSPS) is 14.9. The van der Waals surface area contributed by atoms with Gasteiger partial charge in [0.25, 0.3) is 0 Å². The van der Waals surface area contributed by atoms with E-state index >= 15 is 4.39 Å². The predicted octanol–water partition coefficient (Wildman–Crippen LogP) is 3.15. The Labute approximate surface area is 140 Å². The molecule has 0 aliphatic rings. The number of hydrogen-bond acceptors (Lipinski definition) is 4. The zero-order chi connectivity index (χ0) is 18.0. The maximum absolute atomic E-state index is 16.1. The average molecular weight is 351 g/mol. The van der Waals surface area contributed by atoms with Gasteiger partial charge in [-0.1, -0.05) is 6.92 Å². The highest BCUT2D eigenvalue weighted by atomic mass is 19.2. The molecular formula is C16H13F4N5. The van der Waals surface area contributed by atoms with E-state index in [1.807, 2.05) is 0 Å². The van der Waals surface area contributed by atoms with Crippen LogP contribution >= 0.6 is 0 Å². The molecule has 3 aromatic rings. The summed E-state index contributed by atoms with van der Waals surface area (Å²) in [6.45, 7) is 0.908. The number of halogens is 4. The smallest absolute Gasteiger partial charge is 0.166 e. The fraction of sp³-hybridized carbons (Fsp3) is 0.250. The van der Waals surface area contributed by atoms with Crippen LogP contribution in [0.4, 0.5) is 17.6 Å². The number of aromatic nitrogens is 5. The summed E-state index contributed by atoms with van der Waals surface area (Å²) in [5.41, 5.74) is -3.10. The lowest BCUT2D eigenvalue weighted by molar-refractivity contribution is 0.0906. The number of alkyl halides is 1. The topological polar surface area (TPSA) is 56.5 Å². The first-order valence-corrected chi connectivity index (χ1v) is 7.34. The summed E-state index contributed by atoms with van der Waals surface area (Å²) >= 11 is 0. The van der Waals surface area contributed by atoms with Gasteiger partial charge in [-0.3, -0.25) is 0 Å². The zero-order valence-electron chi connectivity index (χ0n) is 13.1. The second-order valence-electron chi connectivity index (χ2n) is 5.56. The molecule has 0 saturated carbocycles. The molecular weight excluding hydrogens is 338 g/mol. The van der Waals surface area contributed by atoms with Crippen LogP contribution in [0.25, 0.3) is 0 Å². The van der Waals surface area contributed by atoms with Crippen molar-refractivity contribution in [3.8, 4) is 0 Å². The Morgan fingerprint density at radius 1 is 1.12 bits per heavy atom. The number of hydrogen-bond donors (Lipinski definition) is 0. The molecule has 1 aromatic carbocycles. The Balaban J connectivity index is 2.13. The standard InChI is InChI=1S/C16H13F4N5/c1-10(15-14(19)5-21-7-23-15)16(20,6-25-9-22-8-24-25)12-3-2-11(17)4-13(12)18/h2-5,7-10H,6H2,1H3/t10-,16+/m1/s1. The third-order valence-corrected chi connectivity index (χ3v) is 4.03. The molecule has 0 N–H and O–H groups in total. The zero-order valence-corrected chi connectivity index (χ0v) is 13.1. The monoisotopic (exact) mass is 351 g/mol. The van der Waals surface area contributed by atoms with Crippen molar-refractivity contribution in [2.75, 3.05) is 0 Å². The van der Waals surface area contributed by atoms with Crippen LogP contribution in [0, 0.1) is 17.5 Å². The molecule has 0 fully saturated rings. The minimum atomic E-state index is -2.46. The third-order valence-electron chi connectivity index (χ3n) is 4.03. The van der Waals surface area contributed by atoms with Gasteiger partial charge in [0.2, 0.25) is 0 Å². The quantitative estimate of drug-likeness (QED) is 0.663. The van der Waals surface area contributed by atoms with Gasteiger partial charge in [-0.15, -0.1) is 0 Å². The Morgan fingerprint density at radius 3 is 2.56 bits per heavy atom. The second-order valence-corrected chi connectivity index (χ2v) is 5.56. The summed E-state index contributed by atoms with van der Waals surface area (Å²) in [4.78, 5) is 11.0. The first-order valence-electron chi connectivity index (χ1n) is 7.34. The highest BCUT2D eigenvalue weighted by molar-refractivity contribution is 5.30. The van der Waals surface area contributed by atoms with E-state index in [9.17, 15) is 13.2 Å². The van der Waals surface area contributed by atoms with Gasteiger partial charge in [0.1, 0.15) is 30.6 Å². The lowest BCUT2D eigenvalue weighted by Gasteiger charge is -2.32. The van der Waals surface area contributed by atoms with Crippen LogP contribution < -0.4 is 0 Å². The van der Waals surface area contributed by atoms with Gasteiger partial charge in [0, 0.05) is 17.5 Å². The van der Waals surface area contributed by atoms with Crippen LogP contribution in [-0.4, -0.2) is 24.7 Å². The van der Waals surface area contributed by atoms with Crippen molar-refractivity contribution in [1.29, 1.82) is 0 Å². The second kappa shape index (κ2) is 6.58. The molecule has 2 atom stereocenters. The summed E-state index contributed by atoms with van der Waals surface area (Å²) in [5, 5.41) is 3.81. The Kier molecular flexibility index (Phi) is 4.47. The molecule has 0 radical (unpaired) electrons. The summed E-state index contributed by atoms with van der Waals surface area (Å²) in [7, 11) is 0. The van der Waals surface area contributed by atoms with Crippen molar-refractivity contribution in [1.82, 2.24) is 24.7 Å². The van der Waals surface area contributed by atoms with Crippen molar-refractivity contribution < 1.29 is 17.6 Å². The minimum absolute atomic E-state index is 0.221. The lowest BCUT2D eigenvalue weighted by atomic mass is 9.81. The lowest BCUT2D eigenvalue weighted by Crippen LogP contribution is -2.35. The maximum atomic E-state index is 16.1. The summed E-state index contributed by atoms with van der Waals surface area (Å²) in [6.07, 6.45) is 4.41. The molecule has 130 valence electrons. The number of nitrogens with zero attached hydrogens (tertiary/aromatic N) is 5. The van der Waals surface area contributed by atoms with E-state index in [2.05, 4.69) is 20.1 Å². The fourth-order valence-electron chi connectivity index (χ4n) is 2.69. The minimum Gasteiger partial charge on any atom is -0.249 e. The molecule has 25 heavy (non-hydrogen) atoms. The van der Waals surface area contributed by atoms with Crippen LogP contribution in [0.15, 0.2) is 43.4 Å². The number of rotatable bonds is 5. The van der Waals surface area contributed by atoms with E-state index in [-0.39, 0.29) is 5.69 Å². The molecule has 0 aliphatic carbocycles. The van der Waals surface area contributed by atoms with Gasteiger partial charge in [0.05, 0.1) is 18.4 Å². The SMILES string of the molecule is C[C@H](c1ncncc1F)[C@@](F)(Cn1cncn1)c1ccc(F)cc1F. The molecule has 2 aromatic heterocycles. The molecule has 0 unspecified atom stereocenters. The summed E-state index contributed by atoms with van der Waals surface area (Å²) < 4.78 is 58.8. The van der Waals surface area contributed by atoms with Gasteiger partial charge in [-0.2, -0.15) is 5.10 Å². The van der Waals surface area contributed by atoms with Crippen molar-refractivity contribution in [3.05, 3.63) is 72.1 Å². The first-order chi connectivity index (χ1) is 11.9. The highest BCUT2D eigenvalue weighted by Gasteiger charge is 2.44. The molecule has 0 saturated heterocycles. The average Bonchev–Trinajstić information content (AvgIpc) is 3.07. The Morgan fingerprint density at radius 2 is 1.92 bits per heavy atom. The van der Waals surface area contributed by atoms with Crippen LogP contribution in [0.3, 0.4) is 0 Å². The molecule has 2 heterocycles. The summed E-state index contributed by atoms with van der Waals surface area (Å²) in [6, 6.07) is 2.52. The van der Waals surface area contributed by atoms with Gasteiger partial charge in [-0.25, -0.2) is 37.2 Å². The van der Waals surface area contributed by atoms with Gasteiger partial charge >= 0.3 is 0 Å². The van der Waals surface area contributed by atoms with Crippen molar-refractivity contribution >= 4 is 0 Å². The molecule has 9 heteroatoms. The van der Waals surface area contributed by atoms with Crippen LogP contribution in [-0.2, 0) is 12.2 Å². The van der Waals surface area contributed by atoms with Crippen LogP contribution in [0.2, 0.25) is 0 Å². The van der Waals surface area contributed by atoms with E-state index < -0.39 is 41.1 Å². The van der Waals surface area contributed by atoms with Crippen molar-refractivity contribution in [2.45, 2.75) is 25.1 Å². The largest absolute Gasteiger partial charge is 0.249 e. The van der Waals surface area contributed by atoms with E-state index in [0.717, 1.165) is 29.3 Å². The fourth-order valence-corrected chi connectivity index (χ4v) is 2.69. The van der Waals surface area contributed by atoms with Crippen molar-refractivity contribution in [2.24, 2.45) is 0 Å². The van der Waals surface area contributed by atoms with E-state index in [4.69, 9.17) is 0 Å². The molecule has 0 bridgehead atoms. The van der Waals surface area contributed by atoms with E-state index in [1.165, 1.54) is 19.6 Å².